The maximum Gasteiger partial charge on any atom is 0.318 e. The van der Waals surface area contributed by atoms with Crippen LogP contribution in [0.3, 0.4) is 0 Å². The first kappa shape index (κ1) is 11.0. The van der Waals surface area contributed by atoms with E-state index in [1.165, 1.54) is 0 Å². The quantitative estimate of drug-likeness (QED) is 0.868. The first-order chi connectivity index (χ1) is 8.24. The van der Waals surface area contributed by atoms with Crippen molar-refractivity contribution < 1.29 is 4.79 Å². The molecule has 2 aliphatic rings. The Morgan fingerprint density at radius 2 is 2.18 bits per heavy atom. The van der Waals surface area contributed by atoms with Crippen LogP contribution < -0.4 is 10.6 Å². The van der Waals surface area contributed by atoms with Crippen molar-refractivity contribution in [1.29, 1.82) is 0 Å². The smallest absolute Gasteiger partial charge is 0.318 e. The predicted molar refractivity (Wildman–Crippen MR) is 68.8 cm³/mol. The summed E-state index contributed by atoms with van der Waals surface area (Å²) < 4.78 is 1.05. The fourth-order valence-corrected chi connectivity index (χ4v) is 2.69. The zero-order valence-electron chi connectivity index (χ0n) is 9.32. The van der Waals surface area contributed by atoms with E-state index in [-0.39, 0.29) is 12.1 Å². The third-order valence-electron chi connectivity index (χ3n) is 3.39. The van der Waals surface area contributed by atoms with Gasteiger partial charge < -0.3 is 15.5 Å². The number of nitrogens with one attached hydrogen (secondary N) is 2. The summed E-state index contributed by atoms with van der Waals surface area (Å²) in [5.41, 5.74) is 1.16. The molecule has 1 atom stereocenters. The molecule has 0 spiro atoms. The fraction of sp³-hybridized carbons (Fsp3) is 0.417. The molecule has 1 unspecified atom stereocenters. The normalized spacial score (nSPS) is 24.6. The summed E-state index contributed by atoms with van der Waals surface area (Å²) in [6.07, 6.45) is 0. The number of halogens is 1. The van der Waals surface area contributed by atoms with Crippen LogP contribution >= 0.6 is 15.9 Å². The summed E-state index contributed by atoms with van der Waals surface area (Å²) >= 11 is 3.46. The van der Waals surface area contributed by atoms with Crippen LogP contribution in [0.5, 0.6) is 0 Å². The first-order valence-electron chi connectivity index (χ1n) is 5.77. The van der Waals surface area contributed by atoms with Crippen LogP contribution in [0.2, 0.25) is 0 Å². The number of carbonyl (C=O) groups is 1. The summed E-state index contributed by atoms with van der Waals surface area (Å²) in [5, 5.41) is 6.23. The highest BCUT2D eigenvalue weighted by molar-refractivity contribution is 9.10. The average molecular weight is 296 g/mol. The second kappa shape index (κ2) is 4.31. The number of amides is 2. The lowest BCUT2D eigenvalue weighted by Crippen LogP contribution is -2.57. The van der Waals surface area contributed by atoms with Gasteiger partial charge in [-0.2, -0.15) is 0 Å². The average Bonchev–Trinajstić information content (AvgIpc) is 2.59. The van der Waals surface area contributed by atoms with Gasteiger partial charge in [-0.25, -0.2) is 4.79 Å². The van der Waals surface area contributed by atoms with Crippen molar-refractivity contribution in [2.24, 2.45) is 0 Å². The van der Waals surface area contributed by atoms with Gasteiger partial charge in [-0.3, -0.25) is 0 Å². The van der Waals surface area contributed by atoms with Gasteiger partial charge >= 0.3 is 6.03 Å². The topological polar surface area (TPSA) is 44.4 Å². The van der Waals surface area contributed by atoms with Gasteiger partial charge in [0.25, 0.3) is 0 Å². The zero-order chi connectivity index (χ0) is 11.8. The van der Waals surface area contributed by atoms with Crippen molar-refractivity contribution in [3.05, 3.63) is 34.3 Å². The van der Waals surface area contributed by atoms with Crippen LogP contribution in [0.25, 0.3) is 0 Å². The highest BCUT2D eigenvalue weighted by Crippen LogP contribution is 2.24. The summed E-state index contributed by atoms with van der Waals surface area (Å²) in [6, 6.07) is 8.65. The number of hydrogen-bond acceptors (Lipinski definition) is 2. The number of benzene rings is 1. The number of carbonyl (C=O) groups excluding carboxylic acids is 1. The maximum absolute atomic E-state index is 11.9. The minimum Gasteiger partial charge on any atom is -0.329 e. The van der Waals surface area contributed by atoms with Gasteiger partial charge in [0.05, 0.1) is 12.1 Å². The summed E-state index contributed by atoms with van der Waals surface area (Å²) in [6.45, 7) is 2.60. The molecule has 0 saturated carbocycles. The Balaban J connectivity index is 1.76. The minimum absolute atomic E-state index is 0.0569. The Bertz CT molecular complexity index is 447. The summed E-state index contributed by atoms with van der Waals surface area (Å²) in [4.78, 5) is 13.8. The fourth-order valence-electron chi connectivity index (χ4n) is 2.28. The molecule has 0 radical (unpaired) electrons. The van der Waals surface area contributed by atoms with Crippen molar-refractivity contribution in [3.8, 4) is 0 Å². The van der Waals surface area contributed by atoms with E-state index in [1.807, 2.05) is 17.0 Å². The Kier molecular flexibility index (Phi) is 2.80. The standard InChI is InChI=1S/C12H14BrN3O/c13-9-3-1-2-8(4-9)11-7-16(12(17)15-11)10-5-14-6-10/h1-4,10-11,14H,5-7H2,(H,15,17). The van der Waals surface area contributed by atoms with Gasteiger partial charge in [0, 0.05) is 24.1 Å². The largest absolute Gasteiger partial charge is 0.329 e. The van der Waals surface area contributed by atoms with E-state index in [0.29, 0.717) is 6.04 Å². The van der Waals surface area contributed by atoms with Crippen molar-refractivity contribution in [2.45, 2.75) is 12.1 Å². The second-order valence-corrected chi connectivity index (χ2v) is 5.44. The highest BCUT2D eigenvalue weighted by atomic mass is 79.9. The molecule has 3 rings (SSSR count). The third-order valence-corrected chi connectivity index (χ3v) is 3.88. The minimum atomic E-state index is 0.0569. The molecule has 0 aliphatic carbocycles. The van der Waals surface area contributed by atoms with Crippen LogP contribution in [-0.2, 0) is 0 Å². The van der Waals surface area contributed by atoms with Gasteiger partial charge in [-0.1, -0.05) is 28.1 Å². The highest BCUT2D eigenvalue weighted by Gasteiger charge is 2.36. The second-order valence-electron chi connectivity index (χ2n) is 4.52. The van der Waals surface area contributed by atoms with Gasteiger partial charge in [0.15, 0.2) is 0 Å². The molecular formula is C12H14BrN3O. The van der Waals surface area contributed by atoms with Crippen molar-refractivity contribution in [2.75, 3.05) is 19.6 Å². The molecule has 4 nitrogen and oxygen atoms in total. The lowest BCUT2D eigenvalue weighted by molar-refractivity contribution is 0.172. The third kappa shape index (κ3) is 2.05. The lowest BCUT2D eigenvalue weighted by atomic mass is 10.1. The first-order valence-corrected chi connectivity index (χ1v) is 6.56. The van der Waals surface area contributed by atoms with Gasteiger partial charge in [0.2, 0.25) is 0 Å². The van der Waals surface area contributed by atoms with Crippen LogP contribution in [0.1, 0.15) is 11.6 Å². The van der Waals surface area contributed by atoms with E-state index in [1.54, 1.807) is 0 Å². The molecule has 2 fully saturated rings. The molecule has 2 heterocycles. The van der Waals surface area contributed by atoms with Crippen LogP contribution in [-0.4, -0.2) is 36.6 Å². The number of urea groups is 1. The summed E-state index contributed by atoms with van der Waals surface area (Å²) in [5.74, 6) is 0. The Morgan fingerprint density at radius 3 is 2.82 bits per heavy atom. The molecule has 2 aliphatic heterocycles. The molecule has 1 aromatic rings. The van der Waals surface area contributed by atoms with Crippen LogP contribution in [0.4, 0.5) is 4.79 Å². The zero-order valence-corrected chi connectivity index (χ0v) is 10.9. The summed E-state index contributed by atoms with van der Waals surface area (Å²) in [7, 11) is 0. The van der Waals surface area contributed by atoms with Gasteiger partial charge in [-0.15, -0.1) is 0 Å². The molecule has 1 aromatic carbocycles. The molecule has 2 saturated heterocycles. The Morgan fingerprint density at radius 1 is 1.35 bits per heavy atom. The molecule has 0 aromatic heterocycles. The monoisotopic (exact) mass is 295 g/mol. The van der Waals surface area contributed by atoms with Crippen LogP contribution in [0.15, 0.2) is 28.7 Å². The van der Waals surface area contributed by atoms with Gasteiger partial charge in [-0.05, 0) is 17.7 Å². The van der Waals surface area contributed by atoms with E-state index < -0.39 is 0 Å². The van der Waals surface area contributed by atoms with Crippen molar-refractivity contribution in [3.63, 3.8) is 0 Å². The molecule has 2 amide bonds. The molecule has 2 N–H and O–H groups in total. The Labute approximate surface area is 108 Å². The van der Waals surface area contributed by atoms with E-state index >= 15 is 0 Å². The van der Waals surface area contributed by atoms with Crippen LogP contribution in [0, 0.1) is 0 Å². The number of nitrogens with zero attached hydrogens (tertiary/aromatic N) is 1. The molecular weight excluding hydrogens is 282 g/mol. The van der Waals surface area contributed by atoms with Crippen molar-refractivity contribution in [1.82, 2.24) is 15.5 Å². The van der Waals surface area contributed by atoms with E-state index in [4.69, 9.17) is 0 Å². The lowest BCUT2D eigenvalue weighted by Gasteiger charge is -2.34. The van der Waals surface area contributed by atoms with Crippen molar-refractivity contribution >= 4 is 22.0 Å². The Hall–Kier alpha value is -1.07. The van der Waals surface area contributed by atoms with E-state index in [9.17, 15) is 4.79 Å². The molecule has 17 heavy (non-hydrogen) atoms. The van der Waals surface area contributed by atoms with Gasteiger partial charge in [0.1, 0.15) is 0 Å². The number of hydrogen-bond donors (Lipinski definition) is 2. The van der Waals surface area contributed by atoms with E-state index in [0.717, 1.165) is 29.7 Å². The SMILES string of the molecule is O=C1NC(c2cccc(Br)c2)CN1C1CNC1. The van der Waals surface area contributed by atoms with E-state index in [2.05, 4.69) is 38.7 Å². The molecule has 5 heteroatoms. The number of rotatable bonds is 2. The molecule has 90 valence electrons. The maximum atomic E-state index is 11.9. The molecule has 0 bridgehead atoms. The predicted octanol–water partition coefficient (Wildman–Crippen LogP) is 1.49.